The summed E-state index contributed by atoms with van der Waals surface area (Å²) in [5.41, 5.74) is 8.17. The third-order valence-corrected chi connectivity index (χ3v) is 5.59. The highest BCUT2D eigenvalue weighted by Gasteiger charge is 2.12. The molecule has 4 rings (SSSR count). The van der Waals surface area contributed by atoms with Crippen molar-refractivity contribution in [3.63, 3.8) is 0 Å². The molecule has 4 aromatic rings. The molecule has 0 radical (unpaired) electrons. The second kappa shape index (κ2) is 10.5. The number of nitrogens with one attached hydrogen (secondary N) is 3. The molecule has 0 spiro atoms. The lowest BCUT2D eigenvalue weighted by Crippen LogP contribution is -2.35. The minimum atomic E-state index is 0.287. The van der Waals surface area contributed by atoms with Gasteiger partial charge >= 0.3 is 0 Å². The van der Waals surface area contributed by atoms with Crippen LogP contribution in [0.2, 0.25) is 15.1 Å². The summed E-state index contributed by atoms with van der Waals surface area (Å²) in [6.45, 7) is 0. The molecule has 166 valence electrons. The monoisotopic (exact) mass is 532 g/mol. The molecule has 11 heteroatoms. The Morgan fingerprint density at radius 3 is 2.15 bits per heavy atom. The van der Waals surface area contributed by atoms with Crippen molar-refractivity contribution < 1.29 is 0 Å². The third-order valence-electron chi connectivity index (χ3n) is 4.37. The molecule has 0 atom stereocenters. The summed E-state index contributed by atoms with van der Waals surface area (Å²) in [6, 6.07) is 21.5. The zero-order valence-electron chi connectivity index (χ0n) is 16.7. The van der Waals surface area contributed by atoms with Gasteiger partial charge in [0.25, 0.3) is 0 Å². The Morgan fingerprint density at radius 2 is 1.48 bits per heavy atom. The predicted octanol–water partition coefficient (Wildman–Crippen LogP) is 6.94. The van der Waals surface area contributed by atoms with Crippen LogP contribution in [0.3, 0.4) is 0 Å². The summed E-state index contributed by atoms with van der Waals surface area (Å²) < 4.78 is 1.95. The molecule has 0 saturated carbocycles. The SMILES string of the molecule is S=C(NNc1nc(-c2ccc(Cl)cc2)nc(=S)n1-c1ccc(Cl)cc1)Nc1cccc(Cl)c1. The molecular formula is C22H15Cl3N6S2. The van der Waals surface area contributed by atoms with Gasteiger partial charge in [-0.1, -0.05) is 40.9 Å². The highest BCUT2D eigenvalue weighted by atomic mass is 35.5. The number of thiocarbonyl (C=S) groups is 1. The Balaban J connectivity index is 1.67. The number of hydrazine groups is 1. The van der Waals surface area contributed by atoms with E-state index >= 15 is 0 Å². The zero-order chi connectivity index (χ0) is 23.4. The minimum Gasteiger partial charge on any atom is -0.331 e. The Bertz CT molecular complexity index is 1360. The van der Waals surface area contributed by atoms with E-state index in [-0.39, 0.29) is 4.77 Å². The zero-order valence-corrected chi connectivity index (χ0v) is 20.6. The van der Waals surface area contributed by atoms with E-state index < -0.39 is 0 Å². The van der Waals surface area contributed by atoms with Crippen LogP contribution in [0.15, 0.2) is 72.8 Å². The molecule has 0 saturated heterocycles. The number of hydrogen-bond donors (Lipinski definition) is 3. The minimum absolute atomic E-state index is 0.287. The molecule has 6 nitrogen and oxygen atoms in total. The van der Waals surface area contributed by atoms with Crippen LogP contribution in [-0.4, -0.2) is 19.6 Å². The van der Waals surface area contributed by atoms with Crippen molar-refractivity contribution in [2.24, 2.45) is 0 Å². The largest absolute Gasteiger partial charge is 0.331 e. The molecule has 0 fully saturated rings. The van der Waals surface area contributed by atoms with Gasteiger partial charge in [-0.05, 0) is 91.2 Å². The summed E-state index contributed by atoms with van der Waals surface area (Å²) in [6.07, 6.45) is 0. The first-order valence-electron chi connectivity index (χ1n) is 9.50. The van der Waals surface area contributed by atoms with Gasteiger partial charge in [0.1, 0.15) is 0 Å². The van der Waals surface area contributed by atoms with Crippen molar-refractivity contribution in [2.45, 2.75) is 0 Å². The molecule has 0 aliphatic rings. The third kappa shape index (κ3) is 5.98. The van der Waals surface area contributed by atoms with E-state index in [1.807, 2.05) is 36.4 Å². The van der Waals surface area contributed by atoms with Gasteiger partial charge in [0.2, 0.25) is 10.7 Å². The second-order valence-electron chi connectivity index (χ2n) is 6.69. The van der Waals surface area contributed by atoms with Gasteiger partial charge in [-0.3, -0.25) is 15.4 Å². The summed E-state index contributed by atoms with van der Waals surface area (Å²) in [7, 11) is 0. The first kappa shape index (κ1) is 23.4. The Hall–Kier alpha value is -2.75. The van der Waals surface area contributed by atoms with E-state index in [1.54, 1.807) is 41.0 Å². The van der Waals surface area contributed by atoms with Gasteiger partial charge in [-0.2, -0.15) is 9.97 Å². The van der Waals surface area contributed by atoms with Crippen LogP contribution in [0.1, 0.15) is 0 Å². The molecule has 1 heterocycles. The summed E-state index contributed by atoms with van der Waals surface area (Å²) in [5, 5.41) is 5.16. The maximum absolute atomic E-state index is 6.05. The molecule has 33 heavy (non-hydrogen) atoms. The maximum Gasteiger partial charge on any atom is 0.230 e. The summed E-state index contributed by atoms with van der Waals surface area (Å²) in [5.74, 6) is 0.803. The van der Waals surface area contributed by atoms with E-state index in [2.05, 4.69) is 26.1 Å². The van der Waals surface area contributed by atoms with Crippen LogP contribution in [0.25, 0.3) is 17.1 Å². The number of hydrogen-bond acceptors (Lipinski definition) is 5. The normalized spacial score (nSPS) is 10.5. The lowest BCUT2D eigenvalue weighted by molar-refractivity contribution is 0.881. The van der Waals surface area contributed by atoms with E-state index in [9.17, 15) is 0 Å². The Morgan fingerprint density at radius 1 is 0.818 bits per heavy atom. The van der Waals surface area contributed by atoms with Crippen molar-refractivity contribution in [3.05, 3.63) is 92.6 Å². The van der Waals surface area contributed by atoms with E-state index in [0.717, 1.165) is 16.9 Å². The van der Waals surface area contributed by atoms with E-state index in [4.69, 9.17) is 59.2 Å². The summed E-state index contributed by atoms with van der Waals surface area (Å²) in [4.78, 5) is 9.15. The van der Waals surface area contributed by atoms with Crippen LogP contribution < -0.4 is 16.2 Å². The lowest BCUT2D eigenvalue weighted by atomic mass is 10.2. The number of halogens is 3. The number of rotatable bonds is 5. The number of anilines is 2. The first-order chi connectivity index (χ1) is 15.9. The van der Waals surface area contributed by atoms with Crippen molar-refractivity contribution in [3.8, 4) is 17.1 Å². The molecule has 3 N–H and O–H groups in total. The highest BCUT2D eigenvalue weighted by molar-refractivity contribution is 7.80. The van der Waals surface area contributed by atoms with Crippen LogP contribution >= 0.6 is 59.2 Å². The number of benzene rings is 3. The molecule has 1 aromatic heterocycles. The van der Waals surface area contributed by atoms with Gasteiger partial charge in [0.05, 0.1) is 5.69 Å². The van der Waals surface area contributed by atoms with Crippen LogP contribution in [0.5, 0.6) is 0 Å². The van der Waals surface area contributed by atoms with Gasteiger partial charge in [-0.25, -0.2) is 0 Å². The molecule has 0 unspecified atom stereocenters. The molecule has 0 amide bonds. The van der Waals surface area contributed by atoms with Gasteiger partial charge in [-0.15, -0.1) is 0 Å². The molecule has 0 aliphatic heterocycles. The number of aromatic nitrogens is 3. The predicted molar refractivity (Wildman–Crippen MR) is 142 cm³/mol. The lowest BCUT2D eigenvalue weighted by Gasteiger charge is -2.17. The van der Waals surface area contributed by atoms with Crippen molar-refractivity contribution in [1.82, 2.24) is 20.0 Å². The first-order valence-corrected chi connectivity index (χ1v) is 11.5. The quantitative estimate of drug-likeness (QED) is 0.190. The molecule has 3 aromatic carbocycles. The van der Waals surface area contributed by atoms with Crippen LogP contribution in [0, 0.1) is 4.77 Å². The van der Waals surface area contributed by atoms with Gasteiger partial charge in [0.15, 0.2) is 10.9 Å². The van der Waals surface area contributed by atoms with Gasteiger partial charge in [0, 0.05) is 26.3 Å². The van der Waals surface area contributed by atoms with E-state index in [0.29, 0.717) is 32.0 Å². The molecule has 0 aliphatic carbocycles. The number of nitrogens with zero attached hydrogens (tertiary/aromatic N) is 3. The highest BCUT2D eigenvalue weighted by Crippen LogP contribution is 2.23. The average Bonchev–Trinajstić information content (AvgIpc) is 2.79. The van der Waals surface area contributed by atoms with Crippen LogP contribution in [0.4, 0.5) is 11.6 Å². The summed E-state index contributed by atoms with van der Waals surface area (Å²) >= 11 is 29.1. The Kier molecular flexibility index (Phi) is 7.42. The fourth-order valence-corrected chi connectivity index (χ4v) is 3.77. The molecular weight excluding hydrogens is 519 g/mol. The fourth-order valence-electron chi connectivity index (χ4n) is 2.88. The standard InChI is InChI=1S/C22H15Cl3N6S2/c23-14-6-4-13(5-7-14)19-27-20(29-30-21(32)26-17-3-1-2-16(25)12-17)31(22(33)28-19)18-10-8-15(24)9-11-18/h1-12H,(H2,26,30,32)(H,27,28,29,33). The topological polar surface area (TPSA) is 66.8 Å². The molecule has 0 bridgehead atoms. The van der Waals surface area contributed by atoms with Crippen molar-refractivity contribution >= 4 is 76.0 Å². The second-order valence-corrected chi connectivity index (χ2v) is 8.77. The van der Waals surface area contributed by atoms with Crippen molar-refractivity contribution in [1.29, 1.82) is 0 Å². The van der Waals surface area contributed by atoms with Crippen molar-refractivity contribution in [2.75, 3.05) is 10.7 Å². The van der Waals surface area contributed by atoms with E-state index in [1.165, 1.54) is 0 Å². The fraction of sp³-hybridized carbons (Fsp3) is 0. The average molecular weight is 534 g/mol. The Labute approximate surface area is 215 Å². The van der Waals surface area contributed by atoms with Crippen LogP contribution in [-0.2, 0) is 0 Å². The van der Waals surface area contributed by atoms with Gasteiger partial charge < -0.3 is 5.32 Å². The maximum atomic E-state index is 6.05. The smallest absolute Gasteiger partial charge is 0.230 e.